The van der Waals surface area contributed by atoms with Crippen LogP contribution in [0.25, 0.3) is 10.9 Å². The van der Waals surface area contributed by atoms with Gasteiger partial charge in [-0.1, -0.05) is 29.5 Å². The molecule has 3 aromatic rings. The fourth-order valence-corrected chi connectivity index (χ4v) is 5.04. The Kier molecular flexibility index (Phi) is 8.40. The molecule has 8 heteroatoms. The number of ether oxygens (including phenoxy) is 1. The first kappa shape index (κ1) is 25.9. The zero-order valence-corrected chi connectivity index (χ0v) is 20.6. The number of aliphatic carboxylic acids is 1. The molecule has 3 atom stereocenters. The van der Waals surface area contributed by atoms with E-state index in [1.807, 2.05) is 4.90 Å². The third-order valence-corrected chi connectivity index (χ3v) is 6.99. The normalized spacial score (nSPS) is 18.9. The van der Waals surface area contributed by atoms with Crippen molar-refractivity contribution in [1.29, 1.82) is 0 Å². The molecule has 0 aliphatic carbocycles. The molecular weight excluding hydrogens is 486 g/mol. The molecule has 0 saturated carbocycles. The highest BCUT2D eigenvalue weighted by Crippen LogP contribution is 2.38. The smallest absolute Gasteiger partial charge is 0.308 e. The van der Waals surface area contributed by atoms with Crippen LogP contribution in [0.1, 0.15) is 36.6 Å². The lowest BCUT2D eigenvalue weighted by Crippen LogP contribution is -2.44. The average molecular weight is 513 g/mol. The summed E-state index contributed by atoms with van der Waals surface area (Å²) in [6.07, 6.45) is 1.29. The van der Waals surface area contributed by atoms with Gasteiger partial charge in [0.15, 0.2) is 0 Å². The van der Waals surface area contributed by atoms with Crippen molar-refractivity contribution in [3.8, 4) is 17.6 Å². The highest BCUT2D eigenvalue weighted by molar-refractivity contribution is 6.32. The molecule has 3 unspecified atom stereocenters. The van der Waals surface area contributed by atoms with Gasteiger partial charge in [0.2, 0.25) is 0 Å². The number of fused-ring (bicyclic) bond motifs is 1. The number of methoxy groups -OCH3 is 1. The number of carbonyl (C=O) groups is 1. The molecule has 1 N–H and O–H groups in total. The van der Waals surface area contributed by atoms with Crippen molar-refractivity contribution in [1.82, 2.24) is 9.88 Å². The van der Waals surface area contributed by atoms with Crippen LogP contribution in [0.5, 0.6) is 5.75 Å². The lowest BCUT2D eigenvalue weighted by atomic mass is 9.81. The number of carboxylic acids is 1. The SMILES string of the molecule is COc1ccc2ncc(Cl)c(C(F)CCC3CCN(CC#Cc4cccc(F)c4)CC3C(=O)O)c2c1. The standard InChI is InChI=1S/C28H27ClF2N2O3/c1-36-21-8-10-26-22(15-21)27(24(29)16-32-26)25(31)9-7-19-11-13-33(17-23(19)28(34)35)12-3-5-18-4-2-6-20(30)14-18/h2,4,6,8,10,14-16,19,23,25H,7,9,11-13,17H2,1H3,(H,34,35). The molecule has 1 aliphatic heterocycles. The Labute approximate surface area is 214 Å². The Morgan fingerprint density at radius 3 is 2.92 bits per heavy atom. The molecule has 2 heterocycles. The van der Waals surface area contributed by atoms with Gasteiger partial charge in [-0.25, -0.2) is 8.78 Å². The van der Waals surface area contributed by atoms with E-state index in [0.29, 0.717) is 60.3 Å². The van der Waals surface area contributed by atoms with Crippen molar-refractivity contribution in [3.05, 3.63) is 70.6 Å². The van der Waals surface area contributed by atoms with Gasteiger partial charge in [-0.3, -0.25) is 14.7 Å². The predicted molar refractivity (Wildman–Crippen MR) is 135 cm³/mol. The van der Waals surface area contributed by atoms with Crippen LogP contribution in [0.4, 0.5) is 8.78 Å². The molecule has 0 amide bonds. The molecule has 4 rings (SSSR count). The third-order valence-electron chi connectivity index (χ3n) is 6.69. The minimum absolute atomic E-state index is 0.157. The Bertz CT molecular complexity index is 1310. The Morgan fingerprint density at radius 1 is 1.33 bits per heavy atom. The van der Waals surface area contributed by atoms with E-state index in [0.717, 1.165) is 0 Å². The Balaban J connectivity index is 1.41. The number of nitrogens with zero attached hydrogens (tertiary/aromatic N) is 2. The fourth-order valence-electron chi connectivity index (χ4n) is 4.77. The molecule has 0 radical (unpaired) electrons. The maximum Gasteiger partial charge on any atom is 0.308 e. The summed E-state index contributed by atoms with van der Waals surface area (Å²) in [7, 11) is 1.54. The lowest BCUT2D eigenvalue weighted by molar-refractivity contribution is -0.146. The number of alkyl halides is 1. The quantitative estimate of drug-likeness (QED) is 0.399. The van der Waals surface area contributed by atoms with Crippen LogP contribution < -0.4 is 4.74 Å². The number of rotatable bonds is 7. The number of halogens is 3. The first-order valence-electron chi connectivity index (χ1n) is 11.8. The van der Waals surface area contributed by atoms with Crippen LogP contribution in [0, 0.1) is 29.5 Å². The third kappa shape index (κ3) is 6.13. The second-order valence-electron chi connectivity index (χ2n) is 8.99. The fraction of sp³-hybridized carbons (Fsp3) is 0.357. The molecule has 1 fully saturated rings. The van der Waals surface area contributed by atoms with Gasteiger partial charge in [0.05, 0.1) is 30.1 Å². The van der Waals surface area contributed by atoms with Crippen molar-refractivity contribution in [2.45, 2.75) is 25.4 Å². The van der Waals surface area contributed by atoms with E-state index >= 15 is 4.39 Å². The first-order valence-corrected chi connectivity index (χ1v) is 12.2. The highest BCUT2D eigenvalue weighted by atomic mass is 35.5. The molecule has 36 heavy (non-hydrogen) atoms. The summed E-state index contributed by atoms with van der Waals surface area (Å²) in [4.78, 5) is 18.3. The molecular formula is C28H27ClF2N2O3. The first-order chi connectivity index (χ1) is 17.4. The number of likely N-dealkylation sites (tertiary alicyclic amines) is 1. The van der Waals surface area contributed by atoms with Crippen LogP contribution in [0.3, 0.4) is 0 Å². The second kappa shape index (κ2) is 11.7. The van der Waals surface area contributed by atoms with E-state index in [1.54, 1.807) is 30.3 Å². The van der Waals surface area contributed by atoms with Gasteiger partial charge in [0.25, 0.3) is 0 Å². The minimum Gasteiger partial charge on any atom is -0.497 e. The van der Waals surface area contributed by atoms with E-state index in [9.17, 15) is 14.3 Å². The van der Waals surface area contributed by atoms with Crippen molar-refractivity contribution in [2.24, 2.45) is 11.8 Å². The summed E-state index contributed by atoms with van der Waals surface area (Å²) in [6, 6.07) is 11.3. The Morgan fingerprint density at radius 2 is 2.17 bits per heavy atom. The summed E-state index contributed by atoms with van der Waals surface area (Å²) in [5.41, 5.74) is 1.56. The molecule has 188 valence electrons. The molecule has 1 aromatic heterocycles. The topological polar surface area (TPSA) is 62.7 Å². The number of aromatic nitrogens is 1. The largest absolute Gasteiger partial charge is 0.497 e. The van der Waals surface area contributed by atoms with Gasteiger partial charge in [0.1, 0.15) is 17.7 Å². The maximum atomic E-state index is 15.5. The van der Waals surface area contributed by atoms with Gasteiger partial charge < -0.3 is 9.84 Å². The van der Waals surface area contributed by atoms with Gasteiger partial charge in [0, 0.05) is 29.3 Å². The van der Waals surface area contributed by atoms with Crippen LogP contribution in [-0.2, 0) is 4.79 Å². The summed E-state index contributed by atoms with van der Waals surface area (Å²) < 4.78 is 34.1. The lowest BCUT2D eigenvalue weighted by Gasteiger charge is -2.36. The summed E-state index contributed by atoms with van der Waals surface area (Å²) in [6.45, 7) is 1.39. The van der Waals surface area contributed by atoms with Crippen molar-refractivity contribution >= 4 is 28.5 Å². The van der Waals surface area contributed by atoms with E-state index in [1.165, 1.54) is 25.4 Å². The minimum atomic E-state index is -1.36. The molecule has 5 nitrogen and oxygen atoms in total. The highest BCUT2D eigenvalue weighted by Gasteiger charge is 2.34. The zero-order chi connectivity index (χ0) is 25.7. The number of benzene rings is 2. The summed E-state index contributed by atoms with van der Waals surface area (Å²) in [5.74, 6) is 4.49. The van der Waals surface area contributed by atoms with E-state index < -0.39 is 18.1 Å². The van der Waals surface area contributed by atoms with Crippen LogP contribution in [0.2, 0.25) is 5.02 Å². The maximum absolute atomic E-state index is 15.5. The number of piperidine rings is 1. The van der Waals surface area contributed by atoms with Crippen molar-refractivity contribution < 1.29 is 23.4 Å². The monoisotopic (exact) mass is 512 g/mol. The molecule has 1 aliphatic rings. The van der Waals surface area contributed by atoms with Crippen molar-refractivity contribution in [3.63, 3.8) is 0 Å². The summed E-state index contributed by atoms with van der Waals surface area (Å²) in [5, 5.41) is 10.7. The summed E-state index contributed by atoms with van der Waals surface area (Å²) >= 11 is 6.34. The van der Waals surface area contributed by atoms with Crippen LogP contribution in [0.15, 0.2) is 48.7 Å². The van der Waals surface area contributed by atoms with Gasteiger partial charge >= 0.3 is 5.97 Å². The number of pyridine rings is 1. The zero-order valence-electron chi connectivity index (χ0n) is 19.9. The van der Waals surface area contributed by atoms with Gasteiger partial charge in [-0.05, 0) is 68.1 Å². The van der Waals surface area contributed by atoms with E-state index in [2.05, 4.69) is 16.8 Å². The number of hydrogen-bond donors (Lipinski definition) is 1. The number of hydrogen-bond acceptors (Lipinski definition) is 4. The average Bonchev–Trinajstić information content (AvgIpc) is 2.87. The second-order valence-corrected chi connectivity index (χ2v) is 9.40. The molecule has 0 bridgehead atoms. The molecule has 2 aromatic carbocycles. The molecule has 1 saturated heterocycles. The number of carboxylic acid groups (broad SMARTS) is 1. The van der Waals surface area contributed by atoms with Crippen LogP contribution >= 0.6 is 11.6 Å². The molecule has 0 spiro atoms. The van der Waals surface area contributed by atoms with Crippen molar-refractivity contribution in [2.75, 3.05) is 26.7 Å². The Hall–Kier alpha value is -3.21. The predicted octanol–water partition coefficient (Wildman–Crippen LogP) is 5.90. The van der Waals surface area contributed by atoms with Crippen LogP contribution in [-0.4, -0.2) is 47.7 Å². The van der Waals surface area contributed by atoms with E-state index in [4.69, 9.17) is 16.3 Å². The van der Waals surface area contributed by atoms with E-state index in [-0.39, 0.29) is 23.2 Å². The van der Waals surface area contributed by atoms with Gasteiger partial charge in [-0.2, -0.15) is 0 Å². The van der Waals surface area contributed by atoms with Gasteiger partial charge in [-0.15, -0.1) is 0 Å².